The maximum Gasteiger partial charge on any atom is 0.0377 e. The highest BCUT2D eigenvalue weighted by Crippen LogP contribution is 2.33. The highest BCUT2D eigenvalue weighted by Gasteiger charge is 2.24. The smallest absolute Gasteiger partial charge is 0.0377 e. The molecule has 0 aliphatic heterocycles. The Morgan fingerprint density at radius 2 is 1.79 bits per heavy atom. The first kappa shape index (κ1) is 14.4. The third kappa shape index (κ3) is 3.32. The summed E-state index contributed by atoms with van der Waals surface area (Å²) in [5.74, 6) is 2.00. The van der Waals surface area contributed by atoms with E-state index in [0.717, 1.165) is 5.92 Å². The maximum atomic E-state index is 3.81. The minimum atomic E-state index is 0.581. The molecular weight excluding hydrogens is 230 g/mol. The monoisotopic (exact) mass is 259 g/mol. The molecule has 2 rings (SSSR count). The molecule has 0 aromatic heterocycles. The lowest BCUT2D eigenvalue weighted by molar-refractivity contribution is 0.555. The van der Waals surface area contributed by atoms with Gasteiger partial charge in [0.1, 0.15) is 0 Å². The third-order valence-electron chi connectivity index (χ3n) is 4.57. The van der Waals surface area contributed by atoms with Crippen LogP contribution < -0.4 is 5.32 Å². The normalized spacial score (nSPS) is 23.3. The highest BCUT2D eigenvalue weighted by molar-refractivity contribution is 5.55. The van der Waals surface area contributed by atoms with E-state index in [1.165, 1.54) is 36.1 Å². The van der Waals surface area contributed by atoms with Crippen molar-refractivity contribution in [2.24, 2.45) is 5.92 Å². The van der Waals surface area contributed by atoms with Crippen LogP contribution in [-0.4, -0.2) is 6.04 Å². The first-order valence-electron chi connectivity index (χ1n) is 7.89. The van der Waals surface area contributed by atoms with Crippen molar-refractivity contribution in [2.75, 3.05) is 5.32 Å². The largest absolute Gasteiger partial charge is 0.382 e. The van der Waals surface area contributed by atoms with Crippen molar-refractivity contribution >= 4 is 5.69 Å². The number of hydrogen-bond donors (Lipinski definition) is 1. The zero-order valence-electron chi connectivity index (χ0n) is 13.2. The molecule has 1 heteroatoms. The molecule has 19 heavy (non-hydrogen) atoms. The Bertz CT molecular complexity index is 420. The van der Waals surface area contributed by atoms with Gasteiger partial charge in [0.2, 0.25) is 0 Å². The molecule has 1 aromatic carbocycles. The highest BCUT2D eigenvalue weighted by atomic mass is 14.9. The van der Waals surface area contributed by atoms with Crippen molar-refractivity contribution in [3.63, 3.8) is 0 Å². The Kier molecular flexibility index (Phi) is 4.54. The molecule has 1 aliphatic rings. The van der Waals surface area contributed by atoms with E-state index in [9.17, 15) is 0 Å². The van der Waals surface area contributed by atoms with Gasteiger partial charge in [0.05, 0.1) is 0 Å². The molecule has 0 bridgehead atoms. The average Bonchev–Trinajstić information content (AvgIpc) is 2.75. The van der Waals surface area contributed by atoms with Crippen LogP contribution in [0.4, 0.5) is 5.69 Å². The molecule has 0 saturated heterocycles. The number of benzene rings is 1. The number of hydrogen-bond acceptors (Lipinski definition) is 1. The summed E-state index contributed by atoms with van der Waals surface area (Å²) in [4.78, 5) is 0. The Labute approximate surface area is 118 Å². The van der Waals surface area contributed by atoms with Crippen LogP contribution in [0.25, 0.3) is 0 Å². The fraction of sp³-hybridized carbons (Fsp3) is 0.667. The fourth-order valence-corrected chi connectivity index (χ4v) is 3.11. The molecule has 0 spiro atoms. The molecule has 1 N–H and O–H groups in total. The Morgan fingerprint density at radius 3 is 2.32 bits per heavy atom. The van der Waals surface area contributed by atoms with Crippen molar-refractivity contribution in [2.45, 2.75) is 71.8 Å². The molecule has 2 unspecified atom stereocenters. The van der Waals surface area contributed by atoms with Gasteiger partial charge in [-0.25, -0.2) is 0 Å². The summed E-state index contributed by atoms with van der Waals surface area (Å²) in [5, 5.41) is 3.81. The van der Waals surface area contributed by atoms with Crippen LogP contribution in [0.1, 0.15) is 76.8 Å². The van der Waals surface area contributed by atoms with Gasteiger partial charge in [-0.1, -0.05) is 53.2 Å². The first-order chi connectivity index (χ1) is 8.99. The molecule has 0 amide bonds. The molecule has 106 valence electrons. The standard InChI is InChI=1S/C18H29N/c1-12(2)15-9-10-18(16(11-15)13(3)4)19-17-8-6-7-14(17)5/h9-14,17,19H,6-8H2,1-5H3. The molecule has 2 atom stereocenters. The van der Waals surface area contributed by atoms with E-state index in [0.29, 0.717) is 17.9 Å². The molecule has 0 radical (unpaired) electrons. The number of nitrogens with one attached hydrogen (secondary N) is 1. The summed E-state index contributed by atoms with van der Waals surface area (Å²) in [6, 6.07) is 7.66. The van der Waals surface area contributed by atoms with E-state index in [4.69, 9.17) is 0 Å². The van der Waals surface area contributed by atoms with Crippen LogP contribution >= 0.6 is 0 Å². The fourth-order valence-electron chi connectivity index (χ4n) is 3.11. The quantitative estimate of drug-likeness (QED) is 0.749. The Balaban J connectivity index is 2.23. The minimum Gasteiger partial charge on any atom is -0.382 e. The summed E-state index contributed by atoms with van der Waals surface area (Å²) in [5.41, 5.74) is 4.29. The van der Waals surface area contributed by atoms with Gasteiger partial charge in [-0.15, -0.1) is 0 Å². The van der Waals surface area contributed by atoms with Crippen LogP contribution in [0.5, 0.6) is 0 Å². The van der Waals surface area contributed by atoms with Crippen LogP contribution in [0.15, 0.2) is 18.2 Å². The van der Waals surface area contributed by atoms with E-state index in [1.54, 1.807) is 0 Å². The predicted molar refractivity (Wildman–Crippen MR) is 85.0 cm³/mol. The van der Waals surface area contributed by atoms with Gasteiger partial charge in [0.15, 0.2) is 0 Å². The third-order valence-corrected chi connectivity index (χ3v) is 4.57. The van der Waals surface area contributed by atoms with Crippen LogP contribution in [0.3, 0.4) is 0 Å². The first-order valence-corrected chi connectivity index (χ1v) is 7.89. The van der Waals surface area contributed by atoms with Crippen molar-refractivity contribution in [3.05, 3.63) is 29.3 Å². The lowest BCUT2D eigenvalue weighted by Gasteiger charge is -2.23. The Hall–Kier alpha value is -0.980. The van der Waals surface area contributed by atoms with Crippen molar-refractivity contribution in [1.29, 1.82) is 0 Å². The average molecular weight is 259 g/mol. The van der Waals surface area contributed by atoms with E-state index in [2.05, 4.69) is 58.1 Å². The number of rotatable bonds is 4. The van der Waals surface area contributed by atoms with Gasteiger partial charge >= 0.3 is 0 Å². The second kappa shape index (κ2) is 5.98. The van der Waals surface area contributed by atoms with Gasteiger partial charge < -0.3 is 5.32 Å². The van der Waals surface area contributed by atoms with E-state index >= 15 is 0 Å². The number of anilines is 1. The molecule has 1 saturated carbocycles. The molecule has 1 fully saturated rings. The molecular formula is C18H29N. The zero-order valence-corrected chi connectivity index (χ0v) is 13.2. The topological polar surface area (TPSA) is 12.0 Å². The van der Waals surface area contributed by atoms with Gasteiger partial charge in [-0.2, -0.15) is 0 Å². The van der Waals surface area contributed by atoms with Crippen molar-refractivity contribution in [3.8, 4) is 0 Å². The Morgan fingerprint density at radius 1 is 1.05 bits per heavy atom. The summed E-state index contributed by atoms with van der Waals surface area (Å²) >= 11 is 0. The van der Waals surface area contributed by atoms with Gasteiger partial charge in [-0.3, -0.25) is 0 Å². The van der Waals surface area contributed by atoms with Crippen molar-refractivity contribution in [1.82, 2.24) is 0 Å². The zero-order chi connectivity index (χ0) is 14.0. The van der Waals surface area contributed by atoms with E-state index in [-0.39, 0.29) is 0 Å². The summed E-state index contributed by atoms with van der Waals surface area (Å²) in [6.07, 6.45) is 4.07. The predicted octanol–water partition coefficient (Wildman–Crippen LogP) is 5.53. The maximum absolute atomic E-state index is 3.81. The summed E-state index contributed by atoms with van der Waals surface area (Å²) in [7, 11) is 0. The van der Waals surface area contributed by atoms with E-state index in [1.807, 2.05) is 0 Å². The molecule has 1 aliphatic carbocycles. The summed E-state index contributed by atoms with van der Waals surface area (Å²) < 4.78 is 0. The van der Waals surface area contributed by atoms with Crippen LogP contribution in [0, 0.1) is 5.92 Å². The van der Waals surface area contributed by atoms with Crippen LogP contribution in [0.2, 0.25) is 0 Å². The molecule has 1 aromatic rings. The van der Waals surface area contributed by atoms with Crippen molar-refractivity contribution < 1.29 is 0 Å². The van der Waals surface area contributed by atoms with Gasteiger partial charge in [0.25, 0.3) is 0 Å². The van der Waals surface area contributed by atoms with E-state index < -0.39 is 0 Å². The second-order valence-electron chi connectivity index (χ2n) is 6.82. The SMILES string of the molecule is CC(C)c1ccc(NC2CCCC2C)c(C(C)C)c1. The lowest BCUT2D eigenvalue weighted by atomic mass is 9.93. The van der Waals surface area contributed by atoms with Gasteiger partial charge in [-0.05, 0) is 47.8 Å². The summed E-state index contributed by atoms with van der Waals surface area (Å²) in [6.45, 7) is 11.5. The van der Waals surface area contributed by atoms with Crippen LogP contribution in [-0.2, 0) is 0 Å². The minimum absolute atomic E-state index is 0.581. The van der Waals surface area contributed by atoms with Gasteiger partial charge in [0, 0.05) is 11.7 Å². The second-order valence-corrected chi connectivity index (χ2v) is 6.82. The lowest BCUT2D eigenvalue weighted by Crippen LogP contribution is -2.22. The molecule has 1 nitrogen and oxygen atoms in total. The molecule has 0 heterocycles.